The van der Waals surface area contributed by atoms with E-state index in [0.29, 0.717) is 0 Å². The summed E-state index contributed by atoms with van der Waals surface area (Å²) in [7, 11) is 1.22. The van der Waals surface area contributed by atoms with Gasteiger partial charge in [-0.15, -0.1) is 0 Å². The number of aromatic nitrogens is 1. The van der Waals surface area contributed by atoms with E-state index in [2.05, 4.69) is 4.98 Å². The van der Waals surface area contributed by atoms with Gasteiger partial charge in [0.1, 0.15) is 0 Å². The van der Waals surface area contributed by atoms with Crippen molar-refractivity contribution in [3.05, 3.63) is 59.2 Å². The molecule has 0 fully saturated rings. The Bertz CT molecular complexity index is 801. The van der Waals surface area contributed by atoms with Crippen molar-refractivity contribution in [2.75, 3.05) is 7.11 Å². The summed E-state index contributed by atoms with van der Waals surface area (Å²) < 4.78 is 18.7. The van der Waals surface area contributed by atoms with Gasteiger partial charge in [-0.05, 0) is 12.1 Å². The molecule has 116 valence electrons. The van der Waals surface area contributed by atoms with Gasteiger partial charge < -0.3 is 9.57 Å². The summed E-state index contributed by atoms with van der Waals surface area (Å²) in [6.07, 6.45) is 1.14. The van der Waals surface area contributed by atoms with E-state index in [1.54, 1.807) is 12.1 Å². The third-order valence-electron chi connectivity index (χ3n) is 3.20. The molecule has 0 bridgehead atoms. The first-order valence-electron chi connectivity index (χ1n) is 6.43. The molecular formula is C15H9FN2O5. The largest absolute Gasteiger partial charge is 0.494 e. The Morgan fingerprint density at radius 3 is 2.30 bits per heavy atom. The van der Waals surface area contributed by atoms with Crippen LogP contribution in [-0.4, -0.2) is 34.9 Å². The standard InChI is InChI=1S/C15H9FN2O5/c1-22-10-6-7-17-12(11(10)16)15(21)23-18-13(19)8-4-2-3-5-9(8)14(18)20/h2-7H,1H3. The second kappa shape index (κ2) is 5.48. The average Bonchev–Trinajstić information content (AvgIpc) is 2.80. The van der Waals surface area contributed by atoms with Gasteiger partial charge in [0, 0.05) is 12.3 Å². The molecule has 7 nitrogen and oxygen atoms in total. The smallest absolute Gasteiger partial charge is 0.385 e. The van der Waals surface area contributed by atoms with Crippen LogP contribution in [0.4, 0.5) is 4.39 Å². The Labute approximate surface area is 129 Å². The number of rotatable bonds is 3. The molecule has 3 rings (SSSR count). The van der Waals surface area contributed by atoms with Gasteiger partial charge in [-0.2, -0.15) is 0 Å². The van der Waals surface area contributed by atoms with E-state index in [1.165, 1.54) is 25.3 Å². The number of pyridine rings is 1. The van der Waals surface area contributed by atoms with E-state index in [4.69, 9.17) is 9.57 Å². The Kier molecular flexibility index (Phi) is 3.49. The molecule has 2 amide bonds. The zero-order valence-corrected chi connectivity index (χ0v) is 11.8. The van der Waals surface area contributed by atoms with Crippen LogP contribution in [0.2, 0.25) is 0 Å². The highest BCUT2D eigenvalue weighted by Gasteiger charge is 2.39. The molecule has 0 unspecified atom stereocenters. The number of ether oxygens (including phenoxy) is 1. The first kappa shape index (κ1) is 14.6. The average molecular weight is 316 g/mol. The number of amides is 2. The van der Waals surface area contributed by atoms with Crippen LogP contribution in [0.25, 0.3) is 0 Å². The fourth-order valence-corrected chi connectivity index (χ4v) is 2.10. The highest BCUT2D eigenvalue weighted by molar-refractivity contribution is 6.21. The molecule has 0 spiro atoms. The molecular weight excluding hydrogens is 307 g/mol. The lowest BCUT2D eigenvalue weighted by atomic mass is 10.1. The number of methoxy groups -OCH3 is 1. The predicted octanol–water partition coefficient (Wildman–Crippen LogP) is 1.60. The van der Waals surface area contributed by atoms with Crippen molar-refractivity contribution in [2.45, 2.75) is 0 Å². The first-order chi connectivity index (χ1) is 11.0. The summed E-state index contributed by atoms with van der Waals surface area (Å²) in [5, 5.41) is 0.285. The lowest BCUT2D eigenvalue weighted by molar-refractivity contribution is -0.0592. The second-order valence-electron chi connectivity index (χ2n) is 4.50. The fraction of sp³-hybridized carbons (Fsp3) is 0.0667. The van der Waals surface area contributed by atoms with Crippen molar-refractivity contribution >= 4 is 17.8 Å². The summed E-state index contributed by atoms with van der Waals surface area (Å²) in [6.45, 7) is 0. The maximum atomic E-state index is 14.0. The van der Waals surface area contributed by atoms with Crippen molar-refractivity contribution in [3.63, 3.8) is 0 Å². The van der Waals surface area contributed by atoms with Crippen LogP contribution in [0.1, 0.15) is 31.2 Å². The molecule has 1 aliphatic heterocycles. The van der Waals surface area contributed by atoms with Gasteiger partial charge in [-0.1, -0.05) is 17.2 Å². The maximum absolute atomic E-state index is 14.0. The normalized spacial score (nSPS) is 13.0. The minimum absolute atomic E-state index is 0.101. The molecule has 2 aromatic rings. The first-order valence-corrected chi connectivity index (χ1v) is 6.43. The molecule has 0 radical (unpaired) electrons. The number of carbonyl (C=O) groups is 3. The highest BCUT2D eigenvalue weighted by Crippen LogP contribution is 2.24. The molecule has 23 heavy (non-hydrogen) atoms. The number of hydroxylamine groups is 2. The van der Waals surface area contributed by atoms with Gasteiger partial charge in [0.25, 0.3) is 11.8 Å². The van der Waals surface area contributed by atoms with Crippen LogP contribution in [0.3, 0.4) is 0 Å². The van der Waals surface area contributed by atoms with Gasteiger partial charge in [0.05, 0.1) is 18.2 Å². The summed E-state index contributed by atoms with van der Waals surface area (Å²) in [5.74, 6) is -4.15. The summed E-state index contributed by atoms with van der Waals surface area (Å²) in [6, 6.07) is 7.20. The highest BCUT2D eigenvalue weighted by atomic mass is 19.1. The quantitative estimate of drug-likeness (QED) is 0.800. The van der Waals surface area contributed by atoms with Gasteiger partial charge in [-0.3, -0.25) is 9.59 Å². The van der Waals surface area contributed by atoms with Crippen LogP contribution in [0, 0.1) is 5.82 Å². The summed E-state index contributed by atoms with van der Waals surface area (Å²) in [4.78, 5) is 44.4. The third kappa shape index (κ3) is 2.30. The molecule has 0 saturated carbocycles. The van der Waals surface area contributed by atoms with Crippen molar-refractivity contribution < 1.29 is 28.3 Å². The van der Waals surface area contributed by atoms with Crippen LogP contribution in [-0.2, 0) is 4.84 Å². The Morgan fingerprint density at radius 1 is 1.13 bits per heavy atom. The lowest BCUT2D eigenvalue weighted by Gasteiger charge is -2.13. The number of imide groups is 1. The van der Waals surface area contributed by atoms with Crippen LogP contribution in [0.15, 0.2) is 36.5 Å². The minimum Gasteiger partial charge on any atom is -0.494 e. The van der Waals surface area contributed by atoms with Crippen molar-refractivity contribution in [1.29, 1.82) is 0 Å². The Balaban J connectivity index is 1.88. The molecule has 1 aromatic heterocycles. The molecule has 0 N–H and O–H groups in total. The van der Waals surface area contributed by atoms with Gasteiger partial charge in [0.2, 0.25) is 0 Å². The van der Waals surface area contributed by atoms with Crippen molar-refractivity contribution in [1.82, 2.24) is 10.0 Å². The second-order valence-corrected chi connectivity index (χ2v) is 4.50. The lowest BCUT2D eigenvalue weighted by Crippen LogP contribution is -2.33. The van der Waals surface area contributed by atoms with E-state index in [0.717, 1.165) is 6.20 Å². The SMILES string of the molecule is COc1ccnc(C(=O)ON2C(=O)c3ccccc3C2=O)c1F. The minimum atomic E-state index is -1.28. The predicted molar refractivity (Wildman–Crippen MR) is 73.1 cm³/mol. The van der Waals surface area contributed by atoms with Gasteiger partial charge in [0.15, 0.2) is 17.3 Å². The van der Waals surface area contributed by atoms with E-state index < -0.39 is 29.3 Å². The molecule has 1 aliphatic rings. The van der Waals surface area contributed by atoms with E-state index in [1.807, 2.05) is 0 Å². The van der Waals surface area contributed by atoms with E-state index in [9.17, 15) is 18.8 Å². The van der Waals surface area contributed by atoms with Gasteiger partial charge in [-0.25, -0.2) is 14.2 Å². The Morgan fingerprint density at radius 2 is 1.74 bits per heavy atom. The van der Waals surface area contributed by atoms with Crippen LogP contribution in [0.5, 0.6) is 5.75 Å². The number of nitrogens with zero attached hydrogens (tertiary/aromatic N) is 2. The maximum Gasteiger partial charge on any atom is 0.385 e. The summed E-state index contributed by atoms with van der Waals surface area (Å²) >= 11 is 0. The molecule has 0 aliphatic carbocycles. The summed E-state index contributed by atoms with van der Waals surface area (Å²) in [5.41, 5.74) is -0.491. The number of fused-ring (bicyclic) bond motifs is 1. The number of hydrogen-bond donors (Lipinski definition) is 0. The number of hydrogen-bond acceptors (Lipinski definition) is 6. The van der Waals surface area contributed by atoms with Crippen LogP contribution < -0.4 is 4.74 Å². The van der Waals surface area contributed by atoms with Gasteiger partial charge >= 0.3 is 5.97 Å². The third-order valence-corrected chi connectivity index (χ3v) is 3.20. The molecule has 8 heteroatoms. The van der Waals surface area contributed by atoms with Crippen LogP contribution >= 0.6 is 0 Å². The topological polar surface area (TPSA) is 85.8 Å². The zero-order valence-electron chi connectivity index (χ0n) is 11.8. The number of halogens is 1. The Hall–Kier alpha value is -3.29. The zero-order chi connectivity index (χ0) is 16.6. The molecule has 0 atom stereocenters. The molecule has 0 saturated heterocycles. The van der Waals surface area contributed by atoms with E-state index in [-0.39, 0.29) is 21.9 Å². The van der Waals surface area contributed by atoms with Crippen molar-refractivity contribution in [3.8, 4) is 5.75 Å². The van der Waals surface area contributed by atoms with E-state index >= 15 is 0 Å². The van der Waals surface area contributed by atoms with Crippen molar-refractivity contribution in [2.24, 2.45) is 0 Å². The number of benzene rings is 1. The molecule has 1 aromatic carbocycles. The fourth-order valence-electron chi connectivity index (χ4n) is 2.10. The molecule has 2 heterocycles. The number of carbonyl (C=O) groups excluding carboxylic acids is 3. The monoisotopic (exact) mass is 316 g/mol.